The lowest BCUT2D eigenvalue weighted by molar-refractivity contribution is -0.115. The average molecular weight is 463 g/mol. The van der Waals surface area contributed by atoms with Crippen LogP contribution >= 0.6 is 27.3 Å². The Balaban J connectivity index is 1.53. The minimum atomic E-state index is -0.498. The summed E-state index contributed by atoms with van der Waals surface area (Å²) in [6, 6.07) is 10.5. The van der Waals surface area contributed by atoms with E-state index in [9.17, 15) is 14.0 Å². The molecule has 0 saturated carbocycles. The Hall–Kier alpha value is -2.78. The molecule has 1 aromatic heterocycles. The molecule has 1 heterocycles. The zero-order chi connectivity index (χ0) is 20.1. The second-order valence-corrected chi connectivity index (χ2v) is 7.63. The van der Waals surface area contributed by atoms with Gasteiger partial charge in [0.05, 0.1) is 12.1 Å². The van der Waals surface area contributed by atoms with Crippen molar-refractivity contribution in [1.29, 1.82) is 0 Å². The number of halogens is 2. The third-order valence-electron chi connectivity index (χ3n) is 3.66. The van der Waals surface area contributed by atoms with Crippen LogP contribution in [0.25, 0.3) is 0 Å². The van der Waals surface area contributed by atoms with Gasteiger partial charge in [0.25, 0.3) is 0 Å². The van der Waals surface area contributed by atoms with Gasteiger partial charge < -0.3 is 10.6 Å². The Labute approximate surface area is 173 Å². The van der Waals surface area contributed by atoms with Crippen molar-refractivity contribution in [2.24, 2.45) is 0 Å². The molecule has 0 aliphatic heterocycles. The van der Waals surface area contributed by atoms with E-state index in [1.807, 2.05) is 25.1 Å². The lowest BCUT2D eigenvalue weighted by Gasteiger charge is -2.06. The van der Waals surface area contributed by atoms with Crippen LogP contribution in [-0.2, 0) is 11.2 Å². The number of nitrogens with zero attached hydrogens (tertiary/aromatic N) is 1. The van der Waals surface area contributed by atoms with Crippen molar-refractivity contribution in [3.63, 3.8) is 0 Å². The molecule has 0 spiro atoms. The van der Waals surface area contributed by atoms with Gasteiger partial charge in [0.1, 0.15) is 5.82 Å². The van der Waals surface area contributed by atoms with Crippen LogP contribution in [0, 0.1) is 12.7 Å². The van der Waals surface area contributed by atoms with Crippen molar-refractivity contribution in [1.82, 2.24) is 4.98 Å². The molecule has 3 rings (SSSR count). The molecule has 144 valence electrons. The number of carbonyl (C=O) groups excluding carboxylic acids is 2. The lowest BCUT2D eigenvalue weighted by Crippen LogP contribution is -2.19. The number of rotatable bonds is 5. The molecule has 9 heteroatoms. The van der Waals surface area contributed by atoms with E-state index in [0.717, 1.165) is 10.0 Å². The largest absolute Gasteiger partial charge is 0.326 e. The van der Waals surface area contributed by atoms with Crippen LogP contribution in [0.4, 0.5) is 25.7 Å². The number of anilines is 3. The number of aryl methyl sites for hydroxylation is 1. The summed E-state index contributed by atoms with van der Waals surface area (Å²) < 4.78 is 13.9. The number of aromatic nitrogens is 1. The number of nitrogens with one attached hydrogen (secondary N) is 3. The van der Waals surface area contributed by atoms with E-state index >= 15 is 0 Å². The van der Waals surface area contributed by atoms with Gasteiger partial charge in [-0.15, -0.1) is 11.3 Å². The highest BCUT2D eigenvalue weighted by Gasteiger charge is 2.11. The first-order chi connectivity index (χ1) is 13.4. The maximum Gasteiger partial charge on any atom is 0.325 e. The molecule has 0 aliphatic carbocycles. The highest BCUT2D eigenvalue weighted by Crippen LogP contribution is 2.21. The van der Waals surface area contributed by atoms with Gasteiger partial charge in [0.2, 0.25) is 5.91 Å². The van der Waals surface area contributed by atoms with Crippen LogP contribution in [0.2, 0.25) is 0 Å². The fourth-order valence-electron chi connectivity index (χ4n) is 2.33. The lowest BCUT2D eigenvalue weighted by atomic mass is 10.2. The Morgan fingerprint density at radius 1 is 1.07 bits per heavy atom. The molecule has 0 fully saturated rings. The van der Waals surface area contributed by atoms with Crippen molar-refractivity contribution in [2.45, 2.75) is 13.3 Å². The van der Waals surface area contributed by atoms with Crippen LogP contribution in [-0.4, -0.2) is 16.9 Å². The van der Waals surface area contributed by atoms with E-state index in [4.69, 9.17) is 0 Å². The zero-order valence-electron chi connectivity index (χ0n) is 14.8. The smallest absolute Gasteiger partial charge is 0.325 e. The summed E-state index contributed by atoms with van der Waals surface area (Å²) in [6.45, 7) is 1.94. The van der Waals surface area contributed by atoms with Crippen molar-refractivity contribution in [3.8, 4) is 0 Å². The van der Waals surface area contributed by atoms with Crippen LogP contribution in [0.15, 0.2) is 52.3 Å². The van der Waals surface area contributed by atoms with E-state index in [-0.39, 0.29) is 18.1 Å². The number of urea groups is 1. The molecule has 0 atom stereocenters. The van der Waals surface area contributed by atoms with Gasteiger partial charge in [0, 0.05) is 21.2 Å². The van der Waals surface area contributed by atoms with Gasteiger partial charge in [-0.05, 0) is 55.0 Å². The van der Waals surface area contributed by atoms with E-state index < -0.39 is 6.03 Å². The number of carbonyl (C=O) groups is 2. The molecule has 0 unspecified atom stereocenters. The summed E-state index contributed by atoms with van der Waals surface area (Å²) in [4.78, 5) is 28.4. The maximum absolute atomic E-state index is 12.9. The molecule has 0 radical (unpaired) electrons. The topological polar surface area (TPSA) is 83.1 Å². The number of hydrogen-bond donors (Lipinski definition) is 3. The second-order valence-electron chi connectivity index (χ2n) is 5.92. The van der Waals surface area contributed by atoms with Crippen LogP contribution in [0.1, 0.15) is 11.3 Å². The fraction of sp³-hybridized carbons (Fsp3) is 0.105. The minimum absolute atomic E-state index is 0.0902. The molecule has 3 N–H and O–H groups in total. The van der Waals surface area contributed by atoms with E-state index in [0.29, 0.717) is 22.2 Å². The molecule has 6 nitrogen and oxygen atoms in total. The predicted molar refractivity (Wildman–Crippen MR) is 112 cm³/mol. The summed E-state index contributed by atoms with van der Waals surface area (Å²) in [5.41, 5.74) is 2.73. The van der Waals surface area contributed by atoms with Gasteiger partial charge in [-0.3, -0.25) is 10.1 Å². The molecular weight excluding hydrogens is 447 g/mol. The number of hydrogen-bond acceptors (Lipinski definition) is 4. The molecule has 0 aliphatic rings. The number of thiazole rings is 1. The third-order valence-corrected chi connectivity index (χ3v) is 5.35. The van der Waals surface area contributed by atoms with E-state index in [2.05, 4.69) is 36.9 Å². The molecule has 3 amide bonds. The Morgan fingerprint density at radius 2 is 1.79 bits per heavy atom. The van der Waals surface area contributed by atoms with Crippen LogP contribution in [0.3, 0.4) is 0 Å². The standard InChI is InChI=1S/C19H16BrFN4O2S/c1-11-8-14(6-7-16(11)20)22-17(26)9-15-10-28-19(24-15)25-18(27)23-13-4-2-12(21)3-5-13/h2-8,10H,9H2,1H3,(H,22,26)(H2,23,24,25,27). The molecular formula is C19H16BrFN4O2S. The molecule has 3 aromatic rings. The highest BCUT2D eigenvalue weighted by molar-refractivity contribution is 9.10. The SMILES string of the molecule is Cc1cc(NC(=O)Cc2csc(NC(=O)Nc3ccc(F)cc3)n2)ccc1Br. The second kappa shape index (κ2) is 8.94. The normalized spacial score (nSPS) is 10.4. The summed E-state index contributed by atoms with van der Waals surface area (Å²) in [7, 11) is 0. The third kappa shape index (κ3) is 5.61. The van der Waals surface area contributed by atoms with Crippen LogP contribution in [0.5, 0.6) is 0 Å². The van der Waals surface area contributed by atoms with E-state index in [1.54, 1.807) is 5.38 Å². The molecule has 0 saturated heterocycles. The van der Waals surface area contributed by atoms with Crippen molar-refractivity contribution >= 4 is 55.7 Å². The summed E-state index contributed by atoms with van der Waals surface area (Å²) in [5.74, 6) is -0.582. The predicted octanol–water partition coefficient (Wildman–Crippen LogP) is 5.18. The van der Waals surface area contributed by atoms with E-state index in [1.165, 1.54) is 35.6 Å². The average Bonchev–Trinajstić information content (AvgIpc) is 3.06. The van der Waals surface area contributed by atoms with Gasteiger partial charge in [0.15, 0.2) is 5.13 Å². The van der Waals surface area contributed by atoms with Crippen molar-refractivity contribution in [2.75, 3.05) is 16.0 Å². The fourth-order valence-corrected chi connectivity index (χ4v) is 3.28. The first-order valence-corrected chi connectivity index (χ1v) is 9.90. The highest BCUT2D eigenvalue weighted by atomic mass is 79.9. The number of benzene rings is 2. The van der Waals surface area contributed by atoms with Crippen molar-refractivity contribution < 1.29 is 14.0 Å². The number of amides is 3. The summed E-state index contributed by atoms with van der Waals surface area (Å²) >= 11 is 4.63. The Kier molecular flexibility index (Phi) is 6.37. The summed E-state index contributed by atoms with van der Waals surface area (Å²) in [5, 5.41) is 10.1. The molecule has 0 bridgehead atoms. The van der Waals surface area contributed by atoms with Gasteiger partial charge in [-0.25, -0.2) is 14.2 Å². The first kappa shape index (κ1) is 20.0. The molecule has 28 heavy (non-hydrogen) atoms. The summed E-state index contributed by atoms with van der Waals surface area (Å²) in [6.07, 6.45) is 0.0902. The quantitative estimate of drug-likeness (QED) is 0.488. The van der Waals surface area contributed by atoms with Crippen LogP contribution < -0.4 is 16.0 Å². The van der Waals surface area contributed by atoms with Gasteiger partial charge in [-0.2, -0.15) is 0 Å². The molecule has 2 aromatic carbocycles. The minimum Gasteiger partial charge on any atom is -0.326 e. The maximum atomic E-state index is 12.9. The zero-order valence-corrected chi connectivity index (χ0v) is 17.2. The first-order valence-electron chi connectivity index (χ1n) is 8.23. The van der Waals surface area contributed by atoms with Crippen molar-refractivity contribution in [3.05, 3.63) is 69.4 Å². The Bertz CT molecular complexity index is 1010. The van der Waals surface area contributed by atoms with Gasteiger partial charge in [-0.1, -0.05) is 15.9 Å². The Morgan fingerprint density at radius 3 is 2.50 bits per heavy atom. The van der Waals surface area contributed by atoms with Gasteiger partial charge >= 0.3 is 6.03 Å². The monoisotopic (exact) mass is 462 g/mol.